The van der Waals surface area contributed by atoms with Gasteiger partial charge in [0.25, 0.3) is 9.05 Å². The van der Waals surface area contributed by atoms with E-state index in [0.29, 0.717) is 11.7 Å². The zero-order valence-electron chi connectivity index (χ0n) is 12.6. The first-order valence-corrected chi connectivity index (χ1v) is 9.58. The first-order chi connectivity index (χ1) is 10.5. The van der Waals surface area contributed by atoms with E-state index in [2.05, 4.69) is 13.8 Å². The van der Waals surface area contributed by atoms with Gasteiger partial charge in [0.15, 0.2) is 0 Å². The first kappa shape index (κ1) is 16.8. The standard InChI is InChI=1S/C17H19ClO3S/c1-3-13(4-2)14-9-11-15(12-10-14)21-16-7-5-6-8-17(16)22(18,19)20/h5-13H,3-4H2,1-2H3. The zero-order valence-corrected chi connectivity index (χ0v) is 14.2. The van der Waals surface area contributed by atoms with Crippen molar-refractivity contribution in [3.63, 3.8) is 0 Å². The molecule has 0 N–H and O–H groups in total. The van der Waals surface area contributed by atoms with E-state index in [1.807, 2.05) is 24.3 Å². The van der Waals surface area contributed by atoms with Gasteiger partial charge in [-0.3, -0.25) is 0 Å². The van der Waals surface area contributed by atoms with E-state index < -0.39 is 9.05 Å². The molecule has 0 atom stereocenters. The van der Waals surface area contributed by atoms with Crippen LogP contribution in [0.15, 0.2) is 53.4 Å². The molecule has 0 bridgehead atoms. The zero-order chi connectivity index (χ0) is 16.2. The minimum Gasteiger partial charge on any atom is -0.456 e. The number of benzene rings is 2. The van der Waals surface area contributed by atoms with Crippen LogP contribution >= 0.6 is 10.7 Å². The average Bonchev–Trinajstić information content (AvgIpc) is 2.50. The Morgan fingerprint density at radius 2 is 1.59 bits per heavy atom. The molecule has 0 aromatic heterocycles. The monoisotopic (exact) mass is 338 g/mol. The van der Waals surface area contributed by atoms with Crippen LogP contribution in [0.2, 0.25) is 0 Å². The van der Waals surface area contributed by atoms with Crippen molar-refractivity contribution in [3.05, 3.63) is 54.1 Å². The summed E-state index contributed by atoms with van der Waals surface area (Å²) in [5.41, 5.74) is 1.26. The van der Waals surface area contributed by atoms with Crippen LogP contribution in [0.4, 0.5) is 0 Å². The summed E-state index contributed by atoms with van der Waals surface area (Å²) in [6.07, 6.45) is 2.17. The van der Waals surface area contributed by atoms with Gasteiger partial charge in [-0.1, -0.05) is 38.1 Å². The third kappa shape index (κ3) is 4.02. The molecule has 0 heterocycles. The fourth-order valence-corrected chi connectivity index (χ4v) is 3.40. The minimum absolute atomic E-state index is 0.0271. The molecular formula is C17H19ClO3S. The second-order valence-corrected chi connectivity index (χ2v) is 7.60. The molecule has 3 nitrogen and oxygen atoms in total. The van der Waals surface area contributed by atoms with Crippen molar-refractivity contribution in [3.8, 4) is 11.5 Å². The van der Waals surface area contributed by atoms with Gasteiger partial charge in [-0.2, -0.15) is 0 Å². The molecule has 0 saturated carbocycles. The van der Waals surface area contributed by atoms with Crippen molar-refractivity contribution < 1.29 is 13.2 Å². The molecule has 0 unspecified atom stereocenters. The van der Waals surface area contributed by atoms with E-state index in [1.54, 1.807) is 18.2 Å². The molecule has 22 heavy (non-hydrogen) atoms. The number of hydrogen-bond acceptors (Lipinski definition) is 3. The molecule has 0 aliphatic heterocycles. The minimum atomic E-state index is -3.84. The van der Waals surface area contributed by atoms with Crippen LogP contribution in [0.25, 0.3) is 0 Å². The highest BCUT2D eigenvalue weighted by atomic mass is 35.7. The molecule has 0 fully saturated rings. The van der Waals surface area contributed by atoms with Crippen molar-refractivity contribution in [1.82, 2.24) is 0 Å². The SMILES string of the molecule is CCC(CC)c1ccc(Oc2ccccc2S(=O)(=O)Cl)cc1. The summed E-state index contributed by atoms with van der Waals surface area (Å²) >= 11 is 0. The molecule has 2 aromatic rings. The summed E-state index contributed by atoms with van der Waals surface area (Å²) in [7, 11) is 1.59. The highest BCUT2D eigenvalue weighted by Crippen LogP contribution is 2.32. The van der Waals surface area contributed by atoms with E-state index in [9.17, 15) is 8.42 Å². The van der Waals surface area contributed by atoms with Gasteiger partial charge in [0, 0.05) is 10.7 Å². The molecule has 0 amide bonds. The molecule has 0 spiro atoms. The molecule has 2 rings (SSSR count). The molecule has 5 heteroatoms. The van der Waals surface area contributed by atoms with Crippen molar-refractivity contribution in [2.75, 3.05) is 0 Å². The van der Waals surface area contributed by atoms with Gasteiger partial charge in [-0.25, -0.2) is 8.42 Å². The van der Waals surface area contributed by atoms with Gasteiger partial charge in [0.2, 0.25) is 0 Å². The molecular weight excluding hydrogens is 320 g/mol. The van der Waals surface area contributed by atoms with Gasteiger partial charge in [-0.05, 0) is 48.6 Å². The van der Waals surface area contributed by atoms with Crippen LogP contribution in [0.5, 0.6) is 11.5 Å². The normalized spacial score (nSPS) is 11.6. The predicted molar refractivity (Wildman–Crippen MR) is 89.3 cm³/mol. The molecule has 0 radical (unpaired) electrons. The van der Waals surface area contributed by atoms with E-state index in [4.69, 9.17) is 15.4 Å². The summed E-state index contributed by atoms with van der Waals surface area (Å²) in [4.78, 5) is -0.0271. The lowest BCUT2D eigenvalue weighted by Gasteiger charge is -2.14. The molecule has 118 valence electrons. The second-order valence-electron chi connectivity index (χ2n) is 5.07. The third-order valence-electron chi connectivity index (χ3n) is 3.68. The summed E-state index contributed by atoms with van der Waals surface area (Å²) in [6.45, 7) is 4.33. The number of halogens is 1. The number of ether oxygens (including phenoxy) is 1. The maximum Gasteiger partial charge on any atom is 0.265 e. The maximum atomic E-state index is 11.6. The van der Waals surface area contributed by atoms with E-state index >= 15 is 0 Å². The van der Waals surface area contributed by atoms with Crippen molar-refractivity contribution in [2.45, 2.75) is 37.5 Å². The summed E-state index contributed by atoms with van der Waals surface area (Å²) < 4.78 is 28.8. The Kier molecular flexibility index (Phi) is 5.48. The smallest absolute Gasteiger partial charge is 0.265 e. The third-order valence-corrected chi connectivity index (χ3v) is 5.04. The van der Waals surface area contributed by atoms with Crippen LogP contribution < -0.4 is 4.74 Å². The van der Waals surface area contributed by atoms with Gasteiger partial charge in [0.05, 0.1) is 0 Å². The van der Waals surface area contributed by atoms with Crippen LogP contribution in [-0.4, -0.2) is 8.42 Å². The predicted octanol–water partition coefficient (Wildman–Crippen LogP) is 5.31. The molecule has 2 aromatic carbocycles. The lowest BCUT2D eigenvalue weighted by molar-refractivity contribution is 0.468. The number of hydrogen-bond donors (Lipinski definition) is 0. The molecule has 0 aliphatic carbocycles. The van der Waals surface area contributed by atoms with Gasteiger partial charge in [0.1, 0.15) is 16.4 Å². The Morgan fingerprint density at radius 1 is 1.00 bits per heavy atom. The maximum absolute atomic E-state index is 11.6. The van der Waals surface area contributed by atoms with Gasteiger partial charge in [-0.15, -0.1) is 0 Å². The Bertz CT molecular complexity index is 720. The van der Waals surface area contributed by atoms with Crippen molar-refractivity contribution in [2.24, 2.45) is 0 Å². The topological polar surface area (TPSA) is 43.4 Å². The highest BCUT2D eigenvalue weighted by molar-refractivity contribution is 8.13. The van der Waals surface area contributed by atoms with Crippen LogP contribution in [0.1, 0.15) is 38.2 Å². The Morgan fingerprint density at radius 3 is 2.14 bits per heavy atom. The fourth-order valence-electron chi connectivity index (χ4n) is 2.43. The van der Waals surface area contributed by atoms with Crippen LogP contribution in [0.3, 0.4) is 0 Å². The van der Waals surface area contributed by atoms with E-state index in [0.717, 1.165) is 12.8 Å². The lowest BCUT2D eigenvalue weighted by atomic mass is 9.94. The Hall–Kier alpha value is -1.52. The second kappa shape index (κ2) is 7.16. The van der Waals surface area contributed by atoms with Gasteiger partial charge < -0.3 is 4.74 Å². The Labute approximate surface area is 136 Å². The summed E-state index contributed by atoms with van der Waals surface area (Å²) in [6, 6.07) is 14.1. The fraction of sp³-hybridized carbons (Fsp3) is 0.294. The largest absolute Gasteiger partial charge is 0.456 e. The van der Waals surface area contributed by atoms with Crippen molar-refractivity contribution in [1.29, 1.82) is 0 Å². The quantitative estimate of drug-likeness (QED) is 0.670. The Balaban J connectivity index is 2.26. The van der Waals surface area contributed by atoms with E-state index in [1.165, 1.54) is 11.6 Å². The average molecular weight is 339 g/mol. The number of rotatable bonds is 6. The number of para-hydroxylation sites is 1. The molecule has 0 aliphatic rings. The summed E-state index contributed by atoms with van der Waals surface area (Å²) in [5, 5.41) is 0. The molecule has 0 saturated heterocycles. The van der Waals surface area contributed by atoms with Crippen LogP contribution in [-0.2, 0) is 9.05 Å². The van der Waals surface area contributed by atoms with Gasteiger partial charge >= 0.3 is 0 Å². The summed E-state index contributed by atoms with van der Waals surface area (Å²) in [5.74, 6) is 1.35. The first-order valence-electron chi connectivity index (χ1n) is 7.27. The van der Waals surface area contributed by atoms with Crippen LogP contribution in [0, 0.1) is 0 Å². The van der Waals surface area contributed by atoms with E-state index in [-0.39, 0.29) is 10.6 Å². The highest BCUT2D eigenvalue weighted by Gasteiger charge is 2.16. The van der Waals surface area contributed by atoms with Crippen molar-refractivity contribution >= 4 is 19.7 Å². The lowest BCUT2D eigenvalue weighted by Crippen LogP contribution is -1.97.